The van der Waals surface area contributed by atoms with Gasteiger partial charge in [-0.15, -0.1) is 0 Å². The van der Waals surface area contributed by atoms with E-state index < -0.39 is 0 Å². The van der Waals surface area contributed by atoms with Crippen molar-refractivity contribution in [3.05, 3.63) is 0 Å². The fourth-order valence-electron chi connectivity index (χ4n) is 2.71. The van der Waals surface area contributed by atoms with Crippen molar-refractivity contribution < 1.29 is 4.79 Å². The van der Waals surface area contributed by atoms with Gasteiger partial charge in [0.2, 0.25) is 0 Å². The lowest BCUT2D eigenvalue weighted by molar-refractivity contribution is 0.204. The van der Waals surface area contributed by atoms with Crippen LogP contribution in [0.5, 0.6) is 0 Å². The summed E-state index contributed by atoms with van der Waals surface area (Å²) in [7, 11) is 0. The van der Waals surface area contributed by atoms with Crippen molar-refractivity contribution in [1.29, 1.82) is 0 Å². The van der Waals surface area contributed by atoms with Crippen LogP contribution in [0.2, 0.25) is 0 Å². The molecule has 1 unspecified atom stereocenters. The Kier molecular flexibility index (Phi) is 4.04. The molecule has 1 atom stereocenters. The summed E-state index contributed by atoms with van der Waals surface area (Å²) < 4.78 is 0. The molecule has 16 heavy (non-hydrogen) atoms. The quantitative estimate of drug-likeness (QED) is 0.744. The molecule has 4 nitrogen and oxygen atoms in total. The van der Waals surface area contributed by atoms with E-state index in [1.165, 1.54) is 32.1 Å². The van der Waals surface area contributed by atoms with Gasteiger partial charge in [0.15, 0.2) is 0 Å². The zero-order valence-corrected chi connectivity index (χ0v) is 9.95. The highest BCUT2D eigenvalue weighted by molar-refractivity contribution is 5.74. The predicted octanol–water partition coefficient (Wildman–Crippen LogP) is 1.31. The van der Waals surface area contributed by atoms with Gasteiger partial charge in [0.05, 0.1) is 0 Å². The molecule has 1 aliphatic carbocycles. The molecule has 0 aromatic rings. The maximum absolute atomic E-state index is 11.8. The van der Waals surface area contributed by atoms with E-state index in [4.69, 9.17) is 5.73 Å². The Labute approximate surface area is 97.6 Å². The highest BCUT2D eigenvalue weighted by Crippen LogP contribution is 2.22. The number of amides is 2. The summed E-state index contributed by atoms with van der Waals surface area (Å²) >= 11 is 0. The summed E-state index contributed by atoms with van der Waals surface area (Å²) in [4.78, 5) is 13.6. The summed E-state index contributed by atoms with van der Waals surface area (Å²) in [5, 5.41) is 3.05. The maximum atomic E-state index is 11.8. The van der Waals surface area contributed by atoms with Crippen molar-refractivity contribution in [3.63, 3.8) is 0 Å². The molecule has 0 aromatic heterocycles. The van der Waals surface area contributed by atoms with Gasteiger partial charge in [0.1, 0.15) is 0 Å². The lowest BCUT2D eigenvalue weighted by atomic mass is 9.89. The molecule has 92 valence electrons. The monoisotopic (exact) mass is 225 g/mol. The van der Waals surface area contributed by atoms with Crippen molar-refractivity contribution in [2.45, 2.75) is 44.6 Å². The number of nitrogens with zero attached hydrogens (tertiary/aromatic N) is 1. The first-order valence-corrected chi connectivity index (χ1v) is 6.54. The molecule has 3 N–H and O–H groups in total. The number of likely N-dealkylation sites (tertiary alicyclic amines) is 1. The zero-order chi connectivity index (χ0) is 11.4. The molecule has 0 bridgehead atoms. The highest BCUT2D eigenvalue weighted by atomic mass is 16.2. The van der Waals surface area contributed by atoms with Crippen LogP contribution in [-0.4, -0.2) is 36.6 Å². The second-order valence-corrected chi connectivity index (χ2v) is 5.18. The van der Waals surface area contributed by atoms with Gasteiger partial charge < -0.3 is 16.0 Å². The van der Waals surface area contributed by atoms with Gasteiger partial charge in [-0.25, -0.2) is 4.79 Å². The molecule has 2 rings (SSSR count). The minimum Gasteiger partial charge on any atom is -0.338 e. The van der Waals surface area contributed by atoms with Crippen molar-refractivity contribution >= 4 is 6.03 Å². The van der Waals surface area contributed by atoms with Crippen LogP contribution in [0.3, 0.4) is 0 Å². The number of urea groups is 1. The van der Waals surface area contributed by atoms with Gasteiger partial charge in [-0.05, 0) is 25.2 Å². The second kappa shape index (κ2) is 5.53. The fraction of sp³-hybridized carbons (Fsp3) is 0.917. The Morgan fingerprint density at radius 1 is 1.25 bits per heavy atom. The summed E-state index contributed by atoms with van der Waals surface area (Å²) in [5.41, 5.74) is 5.78. The van der Waals surface area contributed by atoms with Crippen LogP contribution in [0.25, 0.3) is 0 Å². The molecule has 0 spiro atoms. The van der Waals surface area contributed by atoms with Crippen LogP contribution >= 0.6 is 0 Å². The largest absolute Gasteiger partial charge is 0.338 e. The molecule has 1 saturated heterocycles. The molecule has 1 aliphatic heterocycles. The topological polar surface area (TPSA) is 58.4 Å². The van der Waals surface area contributed by atoms with Crippen LogP contribution in [-0.2, 0) is 0 Å². The number of nitrogens with one attached hydrogen (secondary N) is 1. The summed E-state index contributed by atoms with van der Waals surface area (Å²) in [6.07, 6.45) is 7.52. The fourth-order valence-corrected chi connectivity index (χ4v) is 2.71. The first-order valence-electron chi connectivity index (χ1n) is 6.54. The van der Waals surface area contributed by atoms with Gasteiger partial charge in [-0.3, -0.25) is 0 Å². The lowest BCUT2D eigenvalue weighted by Gasteiger charge is -2.23. The first-order chi connectivity index (χ1) is 7.75. The number of hydrogen-bond donors (Lipinski definition) is 2. The average Bonchev–Trinajstić information content (AvgIpc) is 2.74. The Bertz CT molecular complexity index is 238. The smallest absolute Gasteiger partial charge is 0.317 e. The molecule has 0 radical (unpaired) electrons. The average molecular weight is 225 g/mol. The second-order valence-electron chi connectivity index (χ2n) is 5.18. The lowest BCUT2D eigenvalue weighted by Crippen LogP contribution is -2.41. The van der Waals surface area contributed by atoms with E-state index in [0.717, 1.165) is 26.1 Å². The third-order valence-corrected chi connectivity index (χ3v) is 3.78. The van der Waals surface area contributed by atoms with Crippen molar-refractivity contribution in [3.8, 4) is 0 Å². The van der Waals surface area contributed by atoms with Crippen molar-refractivity contribution in [1.82, 2.24) is 10.2 Å². The molecule has 4 heteroatoms. The number of hydrogen-bond acceptors (Lipinski definition) is 2. The van der Waals surface area contributed by atoms with Crippen LogP contribution in [0.4, 0.5) is 4.79 Å². The van der Waals surface area contributed by atoms with Crippen LogP contribution in [0, 0.1) is 5.92 Å². The number of carbonyl (C=O) groups excluding carboxylic acids is 1. The van der Waals surface area contributed by atoms with E-state index in [1.807, 2.05) is 4.90 Å². The molecule has 0 aromatic carbocycles. The minimum absolute atomic E-state index is 0.0820. The number of carbonyl (C=O) groups is 1. The van der Waals surface area contributed by atoms with Crippen LogP contribution in [0.15, 0.2) is 0 Å². The summed E-state index contributed by atoms with van der Waals surface area (Å²) in [6.45, 7) is 2.39. The molecular formula is C12H23N3O. The van der Waals surface area contributed by atoms with Crippen LogP contribution in [0.1, 0.15) is 38.5 Å². The predicted molar refractivity (Wildman–Crippen MR) is 64.1 cm³/mol. The molecule has 2 aliphatic rings. The Morgan fingerprint density at radius 2 is 2.00 bits per heavy atom. The third-order valence-electron chi connectivity index (χ3n) is 3.78. The summed E-state index contributed by atoms with van der Waals surface area (Å²) in [6, 6.07) is 0.263. The van der Waals surface area contributed by atoms with Crippen molar-refractivity contribution in [2.75, 3.05) is 19.6 Å². The van der Waals surface area contributed by atoms with E-state index in [0.29, 0.717) is 5.92 Å². The zero-order valence-electron chi connectivity index (χ0n) is 9.95. The molecule has 1 heterocycles. The van der Waals surface area contributed by atoms with Gasteiger partial charge >= 0.3 is 6.03 Å². The maximum Gasteiger partial charge on any atom is 0.317 e. The Hall–Kier alpha value is -0.770. The Balaban J connectivity index is 1.67. The standard InChI is InChI=1S/C12H23N3O/c13-11-6-7-15(9-11)12(16)14-8-10-4-2-1-3-5-10/h10-11H,1-9,13H2,(H,14,16). The van der Waals surface area contributed by atoms with E-state index >= 15 is 0 Å². The normalized spacial score (nSPS) is 27.1. The molecular weight excluding hydrogens is 202 g/mol. The first kappa shape index (κ1) is 11.7. The summed E-state index contributed by atoms with van der Waals surface area (Å²) in [5.74, 6) is 0.703. The highest BCUT2D eigenvalue weighted by Gasteiger charge is 2.24. The van der Waals surface area contributed by atoms with Crippen molar-refractivity contribution in [2.24, 2.45) is 11.7 Å². The van der Waals surface area contributed by atoms with Gasteiger partial charge in [-0.1, -0.05) is 19.3 Å². The van der Waals surface area contributed by atoms with E-state index in [2.05, 4.69) is 5.32 Å². The molecule has 2 fully saturated rings. The molecule has 2 amide bonds. The van der Waals surface area contributed by atoms with E-state index in [9.17, 15) is 4.79 Å². The van der Waals surface area contributed by atoms with Crippen LogP contribution < -0.4 is 11.1 Å². The van der Waals surface area contributed by atoms with Gasteiger partial charge in [-0.2, -0.15) is 0 Å². The van der Waals surface area contributed by atoms with E-state index in [1.54, 1.807) is 0 Å². The third kappa shape index (κ3) is 3.11. The van der Waals surface area contributed by atoms with Gasteiger partial charge in [0.25, 0.3) is 0 Å². The van der Waals surface area contributed by atoms with Gasteiger partial charge in [0, 0.05) is 25.7 Å². The number of nitrogens with two attached hydrogens (primary N) is 1. The number of rotatable bonds is 2. The molecule has 1 saturated carbocycles. The Morgan fingerprint density at radius 3 is 2.62 bits per heavy atom. The SMILES string of the molecule is NC1CCN(C(=O)NCC2CCCCC2)C1. The van der Waals surface area contributed by atoms with E-state index in [-0.39, 0.29) is 12.1 Å². The minimum atomic E-state index is 0.0820.